The standard InChI is InChI=1S/C77H138N2.Ni/c1-5-9-13-16-19-21-23-25-27-29-31-33-35-37-39-41-43-45-47-49-51-53-57-62-72-64-60-66-74(70-72)78-76(68-56-12-8-4)77(69-59-55-18-15-11-7-3)79-75-67-61-65-73(71-75)63-58-54-52-50-48-46-44-42-40-38-36-34-32-30-28-26-24-22-20-17-14-10-6-2;/h60-61,64-67,70-71H,5-59,62-63,68-69H2,1-4H3;/b78-76+,79-77-;. The van der Waals surface area contributed by atoms with Gasteiger partial charge in [0.05, 0.1) is 22.8 Å². The van der Waals surface area contributed by atoms with Crippen molar-refractivity contribution in [2.45, 2.75) is 407 Å². The number of aliphatic imine (C=N–C) groups is 2. The summed E-state index contributed by atoms with van der Waals surface area (Å²) in [5, 5.41) is 0. The molecule has 466 valence electrons. The molecule has 2 rings (SSSR count). The summed E-state index contributed by atoms with van der Waals surface area (Å²) in [6.45, 7) is 9.27. The molecule has 0 saturated heterocycles. The first-order valence-electron chi connectivity index (χ1n) is 36.5. The van der Waals surface area contributed by atoms with Crippen molar-refractivity contribution < 1.29 is 16.5 Å². The van der Waals surface area contributed by atoms with Gasteiger partial charge in [-0.2, -0.15) is 0 Å². The molecule has 0 unspecified atom stereocenters. The Bertz CT molecular complexity index is 1610. The summed E-state index contributed by atoms with van der Waals surface area (Å²) in [5.41, 5.74) is 7.63. The van der Waals surface area contributed by atoms with Crippen LogP contribution in [0.15, 0.2) is 58.5 Å². The fourth-order valence-corrected chi connectivity index (χ4v) is 12.2. The number of rotatable bonds is 62. The minimum Gasteiger partial charge on any atom is -0.252 e. The molecule has 0 spiro atoms. The third-order valence-electron chi connectivity index (χ3n) is 17.6. The summed E-state index contributed by atoms with van der Waals surface area (Å²) in [7, 11) is 0. The van der Waals surface area contributed by atoms with Gasteiger partial charge in [0.1, 0.15) is 0 Å². The van der Waals surface area contributed by atoms with Crippen LogP contribution in [0, 0.1) is 0 Å². The number of nitrogens with zero attached hydrogens (tertiary/aromatic N) is 2. The van der Waals surface area contributed by atoms with E-state index in [1.54, 1.807) is 0 Å². The zero-order valence-electron chi connectivity index (χ0n) is 54.5. The van der Waals surface area contributed by atoms with Gasteiger partial charge in [0.15, 0.2) is 0 Å². The Morgan fingerprint density at radius 1 is 0.237 bits per heavy atom. The number of hydrogen-bond acceptors (Lipinski definition) is 2. The fraction of sp³-hybridized carbons (Fsp3) is 0.818. The second-order valence-corrected chi connectivity index (χ2v) is 25.5. The van der Waals surface area contributed by atoms with Crippen molar-refractivity contribution >= 4 is 22.8 Å². The van der Waals surface area contributed by atoms with Gasteiger partial charge in [0.2, 0.25) is 0 Å². The largest absolute Gasteiger partial charge is 0.252 e. The van der Waals surface area contributed by atoms with Crippen molar-refractivity contribution in [2.24, 2.45) is 9.98 Å². The van der Waals surface area contributed by atoms with Crippen molar-refractivity contribution in [2.75, 3.05) is 0 Å². The Morgan fingerprint density at radius 2 is 0.425 bits per heavy atom. The van der Waals surface area contributed by atoms with Crippen molar-refractivity contribution in [3.63, 3.8) is 0 Å². The van der Waals surface area contributed by atoms with Crippen molar-refractivity contribution in [3.8, 4) is 0 Å². The predicted molar refractivity (Wildman–Crippen MR) is 360 cm³/mol. The molecule has 0 aliphatic heterocycles. The molecule has 2 nitrogen and oxygen atoms in total. The van der Waals surface area contributed by atoms with Crippen LogP contribution in [0.5, 0.6) is 0 Å². The van der Waals surface area contributed by atoms with Gasteiger partial charge in [0.25, 0.3) is 0 Å². The molecule has 80 heavy (non-hydrogen) atoms. The van der Waals surface area contributed by atoms with Crippen LogP contribution >= 0.6 is 0 Å². The molecule has 0 bridgehead atoms. The average Bonchev–Trinajstić information content (AvgIpc) is 3.46. The summed E-state index contributed by atoms with van der Waals surface area (Å²) < 4.78 is 0. The maximum Gasteiger partial charge on any atom is 0.0636 e. The monoisotopic (exact) mass is 1150 g/mol. The first kappa shape index (κ1) is 76.3. The summed E-state index contributed by atoms with van der Waals surface area (Å²) >= 11 is 0. The van der Waals surface area contributed by atoms with E-state index in [1.807, 2.05) is 0 Å². The quantitative estimate of drug-likeness (QED) is 0.0358. The Morgan fingerprint density at radius 3 is 0.662 bits per heavy atom. The molecule has 0 amide bonds. The Labute approximate surface area is 512 Å². The van der Waals surface area contributed by atoms with E-state index in [2.05, 4.69) is 76.2 Å². The van der Waals surface area contributed by atoms with Crippen molar-refractivity contribution in [1.82, 2.24) is 0 Å². The molecule has 0 N–H and O–H groups in total. The maximum atomic E-state index is 5.51. The molecule has 0 saturated carbocycles. The van der Waals surface area contributed by atoms with E-state index >= 15 is 0 Å². The van der Waals surface area contributed by atoms with Crippen LogP contribution in [-0.4, -0.2) is 11.4 Å². The maximum absolute atomic E-state index is 5.51. The summed E-state index contributed by atoms with van der Waals surface area (Å²) in [4.78, 5) is 11.0. The normalized spacial score (nSPS) is 12.0. The van der Waals surface area contributed by atoms with Crippen LogP contribution < -0.4 is 0 Å². The van der Waals surface area contributed by atoms with Gasteiger partial charge in [0, 0.05) is 16.5 Å². The van der Waals surface area contributed by atoms with E-state index in [9.17, 15) is 0 Å². The van der Waals surface area contributed by atoms with E-state index in [4.69, 9.17) is 9.98 Å². The summed E-state index contributed by atoms with van der Waals surface area (Å²) in [5.74, 6) is 0. The van der Waals surface area contributed by atoms with Gasteiger partial charge in [-0.05, 0) is 86.8 Å². The molecule has 0 aliphatic carbocycles. The van der Waals surface area contributed by atoms with Crippen molar-refractivity contribution in [3.05, 3.63) is 59.7 Å². The van der Waals surface area contributed by atoms with Gasteiger partial charge >= 0.3 is 0 Å². The number of hydrogen-bond donors (Lipinski definition) is 0. The fourth-order valence-electron chi connectivity index (χ4n) is 12.2. The molecule has 0 aliphatic rings. The third-order valence-corrected chi connectivity index (χ3v) is 17.6. The Hall–Kier alpha value is -1.73. The molecule has 3 heteroatoms. The minimum absolute atomic E-state index is 0. The third kappa shape index (κ3) is 49.7. The van der Waals surface area contributed by atoms with Gasteiger partial charge in [-0.25, -0.2) is 0 Å². The van der Waals surface area contributed by atoms with E-state index < -0.39 is 0 Å². The molecule has 0 radical (unpaired) electrons. The molecule has 0 fully saturated rings. The van der Waals surface area contributed by atoms with Crippen LogP contribution in [-0.2, 0) is 29.3 Å². The Balaban J connectivity index is 0.0000320. The van der Waals surface area contributed by atoms with E-state index in [0.29, 0.717) is 0 Å². The molecular formula is C77H138N2Ni. The molecule has 0 atom stereocenters. The van der Waals surface area contributed by atoms with Crippen molar-refractivity contribution in [1.29, 1.82) is 0 Å². The molecule has 2 aromatic rings. The van der Waals surface area contributed by atoms with Gasteiger partial charge in [-0.3, -0.25) is 9.98 Å². The predicted octanol–water partition coefficient (Wildman–Crippen LogP) is 27.9. The number of unbranched alkanes of at least 4 members (excludes halogenated alkanes) is 51. The zero-order valence-corrected chi connectivity index (χ0v) is 55.5. The first-order valence-corrected chi connectivity index (χ1v) is 36.5. The number of aryl methyl sites for hydroxylation is 2. The SMILES string of the molecule is CCCCCCCCCCCCCCCCCCCCCCCCCc1cccc(/N=C(CCCCCCCC)\C(CCCCC)=N\c2cccc(CCCCCCCCCCCCCCCCCCCCCCCCC)c2)c1.[Ni]. The van der Waals surface area contributed by atoms with Gasteiger partial charge < -0.3 is 0 Å². The zero-order chi connectivity index (χ0) is 56.3. The van der Waals surface area contributed by atoms with E-state index in [1.165, 1.54) is 389 Å². The van der Waals surface area contributed by atoms with Gasteiger partial charge in [-0.15, -0.1) is 0 Å². The van der Waals surface area contributed by atoms with Crippen LogP contribution in [0.25, 0.3) is 0 Å². The van der Waals surface area contributed by atoms with Crippen LogP contribution in [0.3, 0.4) is 0 Å². The second-order valence-electron chi connectivity index (χ2n) is 25.5. The topological polar surface area (TPSA) is 24.7 Å². The summed E-state index contributed by atoms with van der Waals surface area (Å²) in [6, 6.07) is 18.5. The second kappa shape index (κ2) is 61.8. The number of benzene rings is 2. The average molecular weight is 1150 g/mol. The molecular weight excluding hydrogens is 1010 g/mol. The smallest absolute Gasteiger partial charge is 0.0636 e. The van der Waals surface area contributed by atoms with Crippen LogP contribution in [0.2, 0.25) is 0 Å². The van der Waals surface area contributed by atoms with E-state index in [-0.39, 0.29) is 16.5 Å². The molecule has 2 aromatic carbocycles. The van der Waals surface area contributed by atoms with Gasteiger partial charge in [-0.1, -0.05) is 379 Å². The molecule has 0 aromatic heterocycles. The molecule has 0 heterocycles. The first-order chi connectivity index (χ1) is 39.2. The van der Waals surface area contributed by atoms with Crippen LogP contribution in [0.4, 0.5) is 11.4 Å². The summed E-state index contributed by atoms with van der Waals surface area (Å²) in [6.07, 6.45) is 82.1. The minimum atomic E-state index is 0. The Kier molecular flexibility index (Phi) is 59.0. The van der Waals surface area contributed by atoms with Crippen LogP contribution in [0.1, 0.15) is 405 Å². The van der Waals surface area contributed by atoms with E-state index in [0.717, 1.165) is 24.2 Å².